The van der Waals surface area contributed by atoms with Gasteiger partial charge in [-0.15, -0.1) is 0 Å². The van der Waals surface area contributed by atoms with Gasteiger partial charge in [0.25, 0.3) is 0 Å². The number of anilines is 2. The molecule has 0 saturated carbocycles. The largest absolute Gasteiger partial charge is 0.397 e. The Bertz CT molecular complexity index is 369. The van der Waals surface area contributed by atoms with E-state index >= 15 is 0 Å². The van der Waals surface area contributed by atoms with E-state index in [1.54, 1.807) is 0 Å². The van der Waals surface area contributed by atoms with Gasteiger partial charge in [0.15, 0.2) is 0 Å². The first-order valence-electron chi connectivity index (χ1n) is 6.46. The molecule has 0 radical (unpaired) electrons. The normalized spacial score (nSPS) is 11.6. The molecule has 0 saturated heterocycles. The van der Waals surface area contributed by atoms with Gasteiger partial charge in [0.1, 0.15) is 0 Å². The van der Waals surface area contributed by atoms with E-state index in [-0.39, 0.29) is 0 Å². The molecule has 0 spiro atoms. The van der Waals surface area contributed by atoms with Gasteiger partial charge in [0, 0.05) is 28.7 Å². The highest BCUT2D eigenvalue weighted by molar-refractivity contribution is 14.1. The van der Waals surface area contributed by atoms with Crippen molar-refractivity contribution in [3.8, 4) is 0 Å². The van der Waals surface area contributed by atoms with Crippen molar-refractivity contribution in [3.63, 3.8) is 0 Å². The average Bonchev–Trinajstić information content (AvgIpc) is 2.25. The lowest BCUT2D eigenvalue weighted by molar-refractivity contribution is 0.182. The van der Waals surface area contributed by atoms with E-state index in [2.05, 4.69) is 66.6 Å². The Kier molecular flexibility index (Phi) is 6.21. The lowest BCUT2D eigenvalue weighted by Crippen LogP contribution is -2.40. The summed E-state index contributed by atoms with van der Waals surface area (Å²) in [7, 11) is 0. The number of nitrogens with zero attached hydrogens (tertiary/aromatic N) is 1. The Labute approximate surface area is 124 Å². The number of hydrogen-bond donors (Lipinski definition) is 2. The lowest BCUT2D eigenvalue weighted by Gasteiger charge is -2.30. The molecular formula is C14H24IN3. The molecule has 0 unspecified atom stereocenters. The third kappa shape index (κ3) is 4.65. The summed E-state index contributed by atoms with van der Waals surface area (Å²) in [5.74, 6) is 0. The van der Waals surface area contributed by atoms with Crippen LogP contribution in [0.4, 0.5) is 11.4 Å². The highest BCUT2D eigenvalue weighted by atomic mass is 127. The van der Waals surface area contributed by atoms with Crippen molar-refractivity contribution >= 4 is 34.0 Å². The number of rotatable bonds is 6. The fourth-order valence-corrected chi connectivity index (χ4v) is 2.64. The number of halogens is 1. The van der Waals surface area contributed by atoms with Crippen LogP contribution in [0.25, 0.3) is 0 Å². The molecule has 18 heavy (non-hydrogen) atoms. The van der Waals surface area contributed by atoms with E-state index in [0.29, 0.717) is 12.1 Å². The van der Waals surface area contributed by atoms with Gasteiger partial charge < -0.3 is 11.1 Å². The molecule has 0 fully saturated rings. The Morgan fingerprint density at radius 2 is 1.83 bits per heavy atom. The van der Waals surface area contributed by atoms with Crippen molar-refractivity contribution < 1.29 is 0 Å². The van der Waals surface area contributed by atoms with Crippen LogP contribution < -0.4 is 11.1 Å². The van der Waals surface area contributed by atoms with Gasteiger partial charge in [-0.05, 0) is 68.5 Å². The molecule has 0 aromatic heterocycles. The molecule has 102 valence electrons. The highest BCUT2D eigenvalue weighted by Crippen LogP contribution is 2.20. The van der Waals surface area contributed by atoms with Crippen LogP contribution in [0, 0.1) is 3.57 Å². The van der Waals surface area contributed by atoms with Crippen LogP contribution in [-0.4, -0.2) is 30.1 Å². The number of benzene rings is 1. The van der Waals surface area contributed by atoms with Gasteiger partial charge in [-0.25, -0.2) is 0 Å². The zero-order valence-corrected chi connectivity index (χ0v) is 13.9. The second-order valence-electron chi connectivity index (χ2n) is 5.08. The number of hydrogen-bond acceptors (Lipinski definition) is 3. The topological polar surface area (TPSA) is 41.3 Å². The second kappa shape index (κ2) is 7.19. The van der Waals surface area contributed by atoms with Gasteiger partial charge >= 0.3 is 0 Å². The van der Waals surface area contributed by atoms with Crippen molar-refractivity contribution in [3.05, 3.63) is 21.8 Å². The molecule has 4 heteroatoms. The maximum absolute atomic E-state index is 5.98. The molecular weight excluding hydrogens is 337 g/mol. The summed E-state index contributed by atoms with van der Waals surface area (Å²) in [5, 5.41) is 3.41. The molecule has 0 aliphatic heterocycles. The van der Waals surface area contributed by atoms with Crippen molar-refractivity contribution in [1.29, 1.82) is 0 Å². The monoisotopic (exact) mass is 361 g/mol. The van der Waals surface area contributed by atoms with E-state index in [0.717, 1.165) is 24.5 Å². The first-order chi connectivity index (χ1) is 8.41. The smallest absolute Gasteiger partial charge is 0.0575 e. The van der Waals surface area contributed by atoms with Gasteiger partial charge in [-0.3, -0.25) is 4.90 Å². The number of nitrogen functional groups attached to an aromatic ring is 1. The van der Waals surface area contributed by atoms with Crippen molar-refractivity contribution in [1.82, 2.24) is 4.90 Å². The summed E-state index contributed by atoms with van der Waals surface area (Å²) in [6.07, 6.45) is 0. The van der Waals surface area contributed by atoms with Gasteiger partial charge in [0.05, 0.1) is 11.4 Å². The zero-order valence-electron chi connectivity index (χ0n) is 11.7. The Hall–Kier alpha value is -0.490. The fourth-order valence-electron chi connectivity index (χ4n) is 2.13. The van der Waals surface area contributed by atoms with Crippen LogP contribution in [0.1, 0.15) is 27.7 Å². The maximum atomic E-state index is 5.98. The van der Waals surface area contributed by atoms with Crippen molar-refractivity contribution in [2.75, 3.05) is 24.1 Å². The first kappa shape index (κ1) is 15.6. The minimum Gasteiger partial charge on any atom is -0.397 e. The first-order valence-corrected chi connectivity index (χ1v) is 7.54. The van der Waals surface area contributed by atoms with Crippen LogP contribution >= 0.6 is 22.6 Å². The van der Waals surface area contributed by atoms with E-state index in [9.17, 15) is 0 Å². The van der Waals surface area contributed by atoms with Crippen LogP contribution in [-0.2, 0) is 0 Å². The zero-order chi connectivity index (χ0) is 13.7. The second-order valence-corrected chi connectivity index (χ2v) is 6.33. The summed E-state index contributed by atoms with van der Waals surface area (Å²) in [6.45, 7) is 10.9. The Morgan fingerprint density at radius 3 is 2.33 bits per heavy atom. The summed E-state index contributed by atoms with van der Waals surface area (Å²) in [4.78, 5) is 2.47. The Balaban J connectivity index is 2.50. The van der Waals surface area contributed by atoms with Gasteiger partial charge in [0.2, 0.25) is 0 Å². The minimum atomic E-state index is 0.570. The summed E-state index contributed by atoms with van der Waals surface area (Å²) in [6, 6.07) is 7.25. The highest BCUT2D eigenvalue weighted by Gasteiger charge is 2.12. The van der Waals surface area contributed by atoms with E-state index < -0.39 is 0 Å². The summed E-state index contributed by atoms with van der Waals surface area (Å²) < 4.78 is 1.17. The van der Waals surface area contributed by atoms with Crippen LogP contribution in [0.2, 0.25) is 0 Å². The predicted octanol–water partition coefficient (Wildman–Crippen LogP) is 3.40. The molecule has 0 amide bonds. The van der Waals surface area contributed by atoms with Crippen molar-refractivity contribution in [2.45, 2.75) is 39.8 Å². The predicted molar refractivity (Wildman–Crippen MR) is 89.0 cm³/mol. The quantitative estimate of drug-likeness (QED) is 0.603. The van der Waals surface area contributed by atoms with Gasteiger partial charge in [-0.2, -0.15) is 0 Å². The van der Waals surface area contributed by atoms with Gasteiger partial charge in [-0.1, -0.05) is 0 Å². The molecule has 1 aromatic rings. The minimum absolute atomic E-state index is 0.570. The van der Waals surface area contributed by atoms with E-state index in [1.807, 2.05) is 12.1 Å². The molecule has 0 heterocycles. The molecule has 0 atom stereocenters. The average molecular weight is 361 g/mol. The number of nitrogens with one attached hydrogen (secondary N) is 1. The summed E-state index contributed by atoms with van der Waals surface area (Å²) >= 11 is 2.27. The fraction of sp³-hybridized carbons (Fsp3) is 0.571. The van der Waals surface area contributed by atoms with E-state index in [4.69, 9.17) is 5.73 Å². The molecule has 3 N–H and O–H groups in total. The van der Waals surface area contributed by atoms with Crippen LogP contribution in [0.15, 0.2) is 18.2 Å². The van der Waals surface area contributed by atoms with Crippen molar-refractivity contribution in [2.24, 2.45) is 0 Å². The third-order valence-electron chi connectivity index (χ3n) is 3.03. The van der Waals surface area contributed by atoms with Crippen LogP contribution in [0.3, 0.4) is 0 Å². The molecule has 1 aromatic carbocycles. The molecule has 0 bridgehead atoms. The molecule has 1 rings (SSSR count). The maximum Gasteiger partial charge on any atom is 0.0575 e. The Morgan fingerprint density at radius 1 is 1.22 bits per heavy atom. The van der Waals surface area contributed by atoms with E-state index in [1.165, 1.54) is 3.57 Å². The van der Waals surface area contributed by atoms with Crippen LogP contribution in [0.5, 0.6) is 0 Å². The summed E-state index contributed by atoms with van der Waals surface area (Å²) in [5.41, 5.74) is 7.83. The standard InChI is InChI=1S/C14H24IN3/c1-10(2)18(11(3)4)8-7-17-14-6-5-12(15)9-13(14)16/h5-6,9-11,17H,7-8,16H2,1-4H3. The molecule has 0 aliphatic carbocycles. The third-order valence-corrected chi connectivity index (χ3v) is 3.70. The SMILES string of the molecule is CC(C)N(CCNc1ccc(I)cc1N)C(C)C. The lowest BCUT2D eigenvalue weighted by atomic mass is 10.2. The molecule has 3 nitrogen and oxygen atoms in total. The molecule has 0 aliphatic rings. The number of nitrogens with two attached hydrogens (primary N) is 1.